The van der Waals surface area contributed by atoms with E-state index in [-0.39, 0.29) is 5.41 Å². The van der Waals surface area contributed by atoms with Gasteiger partial charge in [-0.2, -0.15) is 0 Å². The Labute approximate surface area is 133 Å². The lowest BCUT2D eigenvalue weighted by Gasteiger charge is -2.57. The zero-order valence-electron chi connectivity index (χ0n) is 13.8. The Balaban J connectivity index is 1.78. The number of rotatable bonds is 1. The number of hydrogen-bond acceptors (Lipinski definition) is 2. The average Bonchev–Trinajstić information content (AvgIpc) is 2.84. The fourth-order valence-electron chi connectivity index (χ4n) is 5.84. The zero-order valence-corrected chi connectivity index (χ0v) is 13.8. The topological polar surface area (TPSA) is 12.5 Å². The van der Waals surface area contributed by atoms with E-state index in [4.69, 9.17) is 4.74 Å². The molecule has 1 aromatic rings. The van der Waals surface area contributed by atoms with Crippen LogP contribution < -0.4 is 4.74 Å². The maximum Gasteiger partial charge on any atom is 0.123 e. The van der Waals surface area contributed by atoms with Crippen LogP contribution in [-0.2, 0) is 11.8 Å². The van der Waals surface area contributed by atoms with E-state index in [1.165, 1.54) is 25.1 Å². The van der Waals surface area contributed by atoms with Crippen molar-refractivity contribution in [1.82, 2.24) is 4.90 Å². The third-order valence-electron chi connectivity index (χ3n) is 6.88. The van der Waals surface area contributed by atoms with E-state index in [9.17, 15) is 0 Å². The summed E-state index contributed by atoms with van der Waals surface area (Å²) in [6.07, 6.45) is 7.79. The van der Waals surface area contributed by atoms with Gasteiger partial charge in [0.2, 0.25) is 0 Å². The minimum absolute atomic E-state index is 0.241. The molecule has 5 unspecified atom stereocenters. The molecule has 0 N–H and O–H groups in total. The van der Waals surface area contributed by atoms with Gasteiger partial charge in [-0.25, -0.2) is 0 Å². The molecule has 1 saturated heterocycles. The maximum absolute atomic E-state index is 6.62. The normalized spacial score (nSPS) is 41.5. The first-order chi connectivity index (χ1) is 10.6. The van der Waals surface area contributed by atoms with Crippen LogP contribution in [-0.4, -0.2) is 30.6 Å². The van der Waals surface area contributed by atoms with Crippen molar-refractivity contribution in [2.75, 3.05) is 13.6 Å². The minimum atomic E-state index is 0.241. The number of benzene rings is 1. The van der Waals surface area contributed by atoms with E-state index in [1.807, 2.05) is 0 Å². The Bertz CT molecular complexity index is 664. The van der Waals surface area contributed by atoms with Gasteiger partial charge >= 0.3 is 0 Å². The van der Waals surface area contributed by atoms with Crippen LogP contribution in [0.15, 0.2) is 30.4 Å². The van der Waals surface area contributed by atoms with Gasteiger partial charge in [0, 0.05) is 28.9 Å². The summed E-state index contributed by atoms with van der Waals surface area (Å²) >= 11 is 0. The van der Waals surface area contributed by atoms with E-state index in [2.05, 4.69) is 56.1 Å². The molecule has 2 aliphatic heterocycles. The van der Waals surface area contributed by atoms with Gasteiger partial charge in [-0.15, -0.1) is 0 Å². The molecule has 5 rings (SSSR count). The highest BCUT2D eigenvalue weighted by molar-refractivity contribution is 5.56. The van der Waals surface area contributed by atoms with Gasteiger partial charge < -0.3 is 9.64 Å². The molecule has 2 heteroatoms. The second-order valence-corrected chi connectivity index (χ2v) is 8.10. The maximum atomic E-state index is 6.62. The van der Waals surface area contributed by atoms with E-state index >= 15 is 0 Å². The number of hydrogen-bond donors (Lipinski definition) is 0. The first kappa shape index (κ1) is 13.2. The third-order valence-corrected chi connectivity index (χ3v) is 6.88. The lowest BCUT2D eigenvalue weighted by molar-refractivity contribution is -0.0251. The quantitative estimate of drug-likeness (QED) is 0.736. The predicted octanol–water partition coefficient (Wildman–Crippen LogP) is 3.40. The molecule has 1 fully saturated rings. The first-order valence-corrected chi connectivity index (χ1v) is 8.80. The van der Waals surface area contributed by atoms with Crippen LogP contribution in [0, 0.1) is 17.8 Å². The van der Waals surface area contributed by atoms with Crippen molar-refractivity contribution in [3.63, 3.8) is 0 Å². The fraction of sp³-hybridized carbons (Fsp3) is 0.600. The predicted molar refractivity (Wildman–Crippen MR) is 88.2 cm³/mol. The summed E-state index contributed by atoms with van der Waals surface area (Å²) in [6.45, 7) is 5.89. The molecular weight excluding hydrogens is 270 g/mol. The van der Waals surface area contributed by atoms with Gasteiger partial charge in [0.15, 0.2) is 0 Å². The summed E-state index contributed by atoms with van der Waals surface area (Å²) in [6, 6.07) is 7.39. The molecule has 1 aromatic carbocycles. The summed E-state index contributed by atoms with van der Waals surface area (Å²) in [7, 11) is 2.31. The number of piperidine rings is 1. The van der Waals surface area contributed by atoms with Crippen LogP contribution >= 0.6 is 0 Å². The third kappa shape index (κ3) is 1.36. The van der Waals surface area contributed by atoms with Gasteiger partial charge in [0.1, 0.15) is 11.9 Å². The lowest BCUT2D eigenvalue weighted by Crippen LogP contribution is -2.64. The molecule has 0 radical (unpaired) electrons. The Hall–Kier alpha value is -1.28. The second-order valence-electron chi connectivity index (χ2n) is 8.10. The first-order valence-electron chi connectivity index (χ1n) is 8.80. The molecule has 1 spiro atoms. The molecule has 0 amide bonds. The summed E-state index contributed by atoms with van der Waals surface area (Å²) in [5.41, 5.74) is 3.36. The van der Waals surface area contributed by atoms with Crippen molar-refractivity contribution in [1.29, 1.82) is 0 Å². The SMILES string of the molecule is CC(C)C1C=CC2C3Cc4cccc5c4C2(CCN3C)C1O5. The monoisotopic (exact) mass is 295 g/mol. The highest BCUT2D eigenvalue weighted by atomic mass is 16.5. The standard InChI is InChI=1S/C20H25NO/c1-12(2)14-7-8-15-16-11-13-5-4-6-17-18(13)20(15,19(14)22-17)9-10-21(16)3/h4-8,12,14-16,19H,9-11H2,1-3H3. The fourth-order valence-corrected chi connectivity index (χ4v) is 5.84. The van der Waals surface area contributed by atoms with E-state index in [0.717, 1.165) is 0 Å². The van der Waals surface area contributed by atoms with E-state index < -0.39 is 0 Å². The Morgan fingerprint density at radius 3 is 2.95 bits per heavy atom. The van der Waals surface area contributed by atoms with Gasteiger partial charge in [0.25, 0.3) is 0 Å². The van der Waals surface area contributed by atoms with Gasteiger partial charge in [0.05, 0.1) is 0 Å². The van der Waals surface area contributed by atoms with Crippen molar-refractivity contribution in [2.24, 2.45) is 17.8 Å². The number of nitrogens with zero attached hydrogens (tertiary/aromatic N) is 1. The average molecular weight is 295 g/mol. The van der Waals surface area contributed by atoms with E-state index in [1.54, 1.807) is 11.1 Å². The van der Waals surface area contributed by atoms with Crippen LogP contribution in [0.1, 0.15) is 31.4 Å². The molecule has 22 heavy (non-hydrogen) atoms. The lowest BCUT2D eigenvalue weighted by atomic mass is 9.51. The summed E-state index contributed by atoms with van der Waals surface area (Å²) in [5.74, 6) is 2.99. The number of likely N-dealkylation sites (tertiary alicyclic amines) is 1. The van der Waals surface area contributed by atoms with Crippen molar-refractivity contribution in [3.8, 4) is 5.75 Å². The second kappa shape index (κ2) is 4.17. The number of ether oxygens (including phenoxy) is 1. The molecule has 5 atom stereocenters. The molecule has 2 heterocycles. The zero-order chi connectivity index (χ0) is 15.1. The smallest absolute Gasteiger partial charge is 0.123 e. The summed E-state index contributed by atoms with van der Waals surface area (Å²) < 4.78 is 6.62. The van der Waals surface area contributed by atoms with Gasteiger partial charge in [-0.05, 0) is 44.0 Å². The highest BCUT2D eigenvalue weighted by Crippen LogP contribution is 2.62. The van der Waals surface area contributed by atoms with Crippen molar-refractivity contribution >= 4 is 0 Å². The Kier molecular flexibility index (Phi) is 2.50. The van der Waals surface area contributed by atoms with Crippen LogP contribution in [0.5, 0.6) is 5.75 Å². The van der Waals surface area contributed by atoms with Crippen molar-refractivity contribution < 1.29 is 4.74 Å². The van der Waals surface area contributed by atoms with Crippen LogP contribution in [0.4, 0.5) is 0 Å². The molecule has 116 valence electrons. The molecule has 2 aliphatic carbocycles. The van der Waals surface area contributed by atoms with Gasteiger partial charge in [-0.3, -0.25) is 0 Å². The number of likely N-dealkylation sites (N-methyl/N-ethyl adjacent to an activating group) is 1. The Morgan fingerprint density at radius 2 is 2.14 bits per heavy atom. The van der Waals surface area contributed by atoms with Crippen LogP contribution in [0.25, 0.3) is 0 Å². The molecule has 0 saturated carbocycles. The molecule has 4 aliphatic rings. The minimum Gasteiger partial charge on any atom is -0.489 e. The molecular formula is C20H25NO. The Morgan fingerprint density at radius 1 is 1.27 bits per heavy atom. The highest BCUT2D eigenvalue weighted by Gasteiger charge is 2.63. The van der Waals surface area contributed by atoms with Crippen LogP contribution in [0.3, 0.4) is 0 Å². The summed E-state index contributed by atoms with van der Waals surface area (Å²) in [4.78, 5) is 2.58. The largest absolute Gasteiger partial charge is 0.489 e. The molecule has 2 bridgehead atoms. The van der Waals surface area contributed by atoms with Crippen molar-refractivity contribution in [3.05, 3.63) is 41.5 Å². The van der Waals surface area contributed by atoms with E-state index in [0.29, 0.717) is 29.9 Å². The molecule has 2 nitrogen and oxygen atoms in total. The van der Waals surface area contributed by atoms with Crippen molar-refractivity contribution in [2.45, 2.75) is 44.2 Å². The van der Waals surface area contributed by atoms with Gasteiger partial charge in [-0.1, -0.05) is 38.1 Å². The summed E-state index contributed by atoms with van der Waals surface area (Å²) in [5, 5.41) is 0. The van der Waals surface area contributed by atoms with Crippen LogP contribution in [0.2, 0.25) is 0 Å². The molecule has 0 aromatic heterocycles.